The molecule has 0 saturated heterocycles. The van der Waals surface area contributed by atoms with Crippen molar-refractivity contribution in [3.05, 3.63) is 62.9 Å². The molecule has 0 saturated carbocycles. The molecule has 7 nitrogen and oxygen atoms in total. The highest BCUT2D eigenvalue weighted by atomic mass is 79.9. The van der Waals surface area contributed by atoms with Gasteiger partial charge in [-0.3, -0.25) is 14.2 Å². The summed E-state index contributed by atoms with van der Waals surface area (Å²) < 4.78 is 7.42. The maximum absolute atomic E-state index is 12.9. The van der Waals surface area contributed by atoms with Crippen molar-refractivity contribution in [2.75, 3.05) is 24.8 Å². The molecule has 0 radical (unpaired) electrons. The molecule has 29 heavy (non-hydrogen) atoms. The van der Waals surface area contributed by atoms with Gasteiger partial charge in [0.2, 0.25) is 5.91 Å². The molecule has 3 aromatic rings. The number of thioether (sulfide) groups is 1. The summed E-state index contributed by atoms with van der Waals surface area (Å²) >= 11 is 4.55. The SMILES string of the molecule is COCCn1c(SCC(=O)Nc2cccc(C#N)c2)nc2ccc(Br)cc2c1=O. The van der Waals surface area contributed by atoms with Crippen LogP contribution in [0, 0.1) is 11.3 Å². The van der Waals surface area contributed by atoms with E-state index in [0.29, 0.717) is 40.5 Å². The molecule has 0 atom stereocenters. The monoisotopic (exact) mass is 472 g/mol. The smallest absolute Gasteiger partial charge is 0.262 e. The largest absolute Gasteiger partial charge is 0.383 e. The fourth-order valence-electron chi connectivity index (χ4n) is 2.66. The molecule has 1 amide bonds. The maximum atomic E-state index is 12.9. The first-order valence-electron chi connectivity index (χ1n) is 8.63. The predicted octanol–water partition coefficient (Wildman–Crippen LogP) is 3.41. The Labute approximate surface area is 179 Å². The van der Waals surface area contributed by atoms with E-state index in [-0.39, 0.29) is 17.2 Å². The maximum Gasteiger partial charge on any atom is 0.262 e. The lowest BCUT2D eigenvalue weighted by molar-refractivity contribution is -0.113. The number of rotatable bonds is 7. The Morgan fingerprint density at radius 2 is 2.17 bits per heavy atom. The Morgan fingerprint density at radius 1 is 1.34 bits per heavy atom. The number of halogens is 1. The van der Waals surface area contributed by atoms with Crippen molar-refractivity contribution >= 4 is 50.2 Å². The molecular formula is C20H17BrN4O3S. The summed E-state index contributed by atoms with van der Waals surface area (Å²) in [5, 5.41) is 12.7. The van der Waals surface area contributed by atoms with Gasteiger partial charge in [-0.15, -0.1) is 0 Å². The third-order valence-corrected chi connectivity index (χ3v) is 5.48. The van der Waals surface area contributed by atoms with Crippen LogP contribution in [0.2, 0.25) is 0 Å². The van der Waals surface area contributed by atoms with Crippen LogP contribution in [0.5, 0.6) is 0 Å². The van der Waals surface area contributed by atoms with Crippen molar-refractivity contribution in [2.45, 2.75) is 11.7 Å². The highest BCUT2D eigenvalue weighted by molar-refractivity contribution is 9.10. The number of aromatic nitrogens is 2. The summed E-state index contributed by atoms with van der Waals surface area (Å²) in [6, 6.07) is 14.0. The van der Waals surface area contributed by atoms with Crippen molar-refractivity contribution < 1.29 is 9.53 Å². The third-order valence-electron chi connectivity index (χ3n) is 4.01. The van der Waals surface area contributed by atoms with Gasteiger partial charge in [-0.05, 0) is 36.4 Å². The van der Waals surface area contributed by atoms with Gasteiger partial charge in [-0.2, -0.15) is 5.26 Å². The standard InChI is InChI=1S/C20H17BrN4O3S/c1-28-8-7-25-19(27)16-10-14(21)5-6-17(16)24-20(25)29-12-18(26)23-15-4-2-3-13(9-15)11-22/h2-6,9-10H,7-8,12H2,1H3,(H,23,26). The molecule has 0 spiro atoms. The Hall–Kier alpha value is -2.67. The van der Waals surface area contributed by atoms with Crippen LogP contribution >= 0.6 is 27.7 Å². The molecule has 3 rings (SSSR count). The van der Waals surface area contributed by atoms with Gasteiger partial charge in [0.25, 0.3) is 5.56 Å². The van der Waals surface area contributed by atoms with Crippen LogP contribution in [-0.4, -0.2) is 34.9 Å². The summed E-state index contributed by atoms with van der Waals surface area (Å²) in [4.78, 5) is 29.8. The summed E-state index contributed by atoms with van der Waals surface area (Å²) in [7, 11) is 1.56. The van der Waals surface area contributed by atoms with Gasteiger partial charge in [0, 0.05) is 17.3 Å². The van der Waals surface area contributed by atoms with E-state index < -0.39 is 0 Å². The second-order valence-electron chi connectivity index (χ2n) is 6.03. The van der Waals surface area contributed by atoms with Crippen molar-refractivity contribution in [3.8, 4) is 6.07 Å². The highest BCUT2D eigenvalue weighted by Gasteiger charge is 2.14. The first-order valence-corrected chi connectivity index (χ1v) is 10.4. The lowest BCUT2D eigenvalue weighted by Gasteiger charge is -2.13. The minimum absolute atomic E-state index is 0.0677. The average molecular weight is 473 g/mol. The van der Waals surface area contributed by atoms with E-state index >= 15 is 0 Å². The van der Waals surface area contributed by atoms with Crippen LogP contribution in [-0.2, 0) is 16.1 Å². The lowest BCUT2D eigenvalue weighted by atomic mass is 10.2. The number of hydrogen-bond acceptors (Lipinski definition) is 6. The van der Waals surface area contributed by atoms with Gasteiger partial charge in [-0.25, -0.2) is 4.98 Å². The normalized spacial score (nSPS) is 10.7. The van der Waals surface area contributed by atoms with E-state index in [2.05, 4.69) is 26.2 Å². The number of benzene rings is 2. The topological polar surface area (TPSA) is 97.0 Å². The number of amides is 1. The minimum atomic E-state index is -0.256. The van der Waals surface area contributed by atoms with Gasteiger partial charge < -0.3 is 10.1 Å². The first kappa shape index (κ1) is 21.0. The molecule has 0 unspecified atom stereocenters. The van der Waals surface area contributed by atoms with E-state index in [9.17, 15) is 9.59 Å². The van der Waals surface area contributed by atoms with Crippen LogP contribution in [0.3, 0.4) is 0 Å². The summed E-state index contributed by atoms with van der Waals surface area (Å²) in [6.07, 6.45) is 0. The van der Waals surface area contributed by atoms with Crippen molar-refractivity contribution in [2.24, 2.45) is 0 Å². The lowest BCUT2D eigenvalue weighted by Crippen LogP contribution is -2.26. The van der Waals surface area contributed by atoms with Gasteiger partial charge >= 0.3 is 0 Å². The molecule has 1 N–H and O–H groups in total. The fraction of sp³-hybridized carbons (Fsp3) is 0.200. The molecule has 0 fully saturated rings. The van der Waals surface area contributed by atoms with E-state index in [0.717, 1.165) is 4.47 Å². The molecule has 1 heterocycles. The van der Waals surface area contributed by atoms with Crippen LogP contribution < -0.4 is 10.9 Å². The van der Waals surface area contributed by atoms with Gasteiger partial charge in [-0.1, -0.05) is 33.8 Å². The van der Waals surface area contributed by atoms with Crippen LogP contribution in [0.1, 0.15) is 5.56 Å². The van der Waals surface area contributed by atoms with E-state index in [1.807, 2.05) is 12.1 Å². The molecule has 0 aliphatic heterocycles. The quantitative estimate of drug-likeness (QED) is 0.417. The van der Waals surface area contributed by atoms with Gasteiger partial charge in [0.1, 0.15) is 0 Å². The summed E-state index contributed by atoms with van der Waals surface area (Å²) in [5.41, 5.74) is 1.39. The Kier molecular flexibility index (Phi) is 7.04. The number of carbonyl (C=O) groups excluding carboxylic acids is 1. The average Bonchev–Trinajstić information content (AvgIpc) is 2.72. The number of nitrogens with one attached hydrogen (secondary N) is 1. The zero-order chi connectivity index (χ0) is 20.8. The van der Waals surface area contributed by atoms with Crippen molar-refractivity contribution in [3.63, 3.8) is 0 Å². The van der Waals surface area contributed by atoms with E-state index in [1.165, 1.54) is 16.3 Å². The molecular weight excluding hydrogens is 456 g/mol. The Bertz CT molecular complexity index is 1160. The molecule has 0 aliphatic rings. The highest BCUT2D eigenvalue weighted by Crippen LogP contribution is 2.21. The second kappa shape index (κ2) is 9.69. The van der Waals surface area contributed by atoms with Crippen LogP contribution in [0.4, 0.5) is 5.69 Å². The van der Waals surface area contributed by atoms with E-state index in [4.69, 9.17) is 10.00 Å². The Balaban J connectivity index is 1.82. The fourth-order valence-corrected chi connectivity index (χ4v) is 3.84. The molecule has 9 heteroatoms. The van der Waals surface area contributed by atoms with Crippen LogP contribution in [0.25, 0.3) is 10.9 Å². The third kappa shape index (κ3) is 5.23. The molecule has 0 aliphatic carbocycles. The van der Waals surface area contributed by atoms with Gasteiger partial charge in [0.15, 0.2) is 5.16 Å². The number of hydrogen-bond donors (Lipinski definition) is 1. The molecule has 148 valence electrons. The number of ether oxygens (including phenoxy) is 1. The number of anilines is 1. The second-order valence-corrected chi connectivity index (χ2v) is 7.89. The molecule has 1 aromatic heterocycles. The summed E-state index contributed by atoms with van der Waals surface area (Å²) in [6.45, 7) is 0.681. The number of fused-ring (bicyclic) bond motifs is 1. The number of nitrogens with zero attached hydrogens (tertiary/aromatic N) is 3. The van der Waals surface area contributed by atoms with Gasteiger partial charge in [0.05, 0.1) is 41.4 Å². The Morgan fingerprint density at radius 3 is 2.93 bits per heavy atom. The zero-order valence-corrected chi connectivity index (χ0v) is 17.9. The predicted molar refractivity (Wildman–Crippen MR) is 116 cm³/mol. The van der Waals surface area contributed by atoms with Crippen LogP contribution in [0.15, 0.2) is 56.9 Å². The number of nitriles is 1. The number of methoxy groups -OCH3 is 1. The van der Waals surface area contributed by atoms with Crippen molar-refractivity contribution in [1.82, 2.24) is 9.55 Å². The van der Waals surface area contributed by atoms with E-state index in [1.54, 1.807) is 43.5 Å². The molecule has 0 bridgehead atoms. The number of carbonyl (C=O) groups is 1. The molecule has 2 aromatic carbocycles. The first-order chi connectivity index (χ1) is 14.0. The van der Waals surface area contributed by atoms with Crippen molar-refractivity contribution in [1.29, 1.82) is 5.26 Å². The minimum Gasteiger partial charge on any atom is -0.383 e. The zero-order valence-electron chi connectivity index (χ0n) is 15.5. The summed E-state index contributed by atoms with van der Waals surface area (Å²) in [5.74, 6) is -0.188.